The fraction of sp³-hybridized carbons (Fsp3) is 0.500. The van der Waals surface area contributed by atoms with Crippen LogP contribution < -0.4 is 16.2 Å². The highest BCUT2D eigenvalue weighted by atomic mass is 32.2. The van der Waals surface area contributed by atoms with Gasteiger partial charge in [0.05, 0.1) is 4.90 Å². The molecule has 1 amide bonds. The maximum Gasteiger partial charge on any atom is 0.238 e. The van der Waals surface area contributed by atoms with E-state index in [1.54, 1.807) is 0 Å². The quantitative estimate of drug-likeness (QED) is 0.673. The predicted octanol–water partition coefficient (Wildman–Crippen LogP) is 1.43. The van der Waals surface area contributed by atoms with Crippen LogP contribution >= 0.6 is 0 Å². The molecule has 0 aliphatic carbocycles. The zero-order chi connectivity index (χ0) is 15.9. The lowest BCUT2D eigenvalue weighted by atomic mass is 9.96. The number of nitrogens with two attached hydrogens (primary N) is 2. The second-order valence-corrected chi connectivity index (χ2v) is 6.57. The van der Waals surface area contributed by atoms with E-state index < -0.39 is 10.0 Å². The number of anilines is 1. The van der Waals surface area contributed by atoms with Gasteiger partial charge < -0.3 is 11.1 Å². The number of carbonyl (C=O) groups excluding carboxylic acids is 1. The summed E-state index contributed by atoms with van der Waals surface area (Å²) in [4.78, 5) is 11.9. The molecule has 0 fully saturated rings. The molecule has 5 N–H and O–H groups in total. The molecule has 7 heteroatoms. The SMILES string of the molecule is CCC(CCN)CCC(=O)Nc1ccc(S(N)(=O)=O)cc1. The third kappa shape index (κ3) is 6.24. The van der Waals surface area contributed by atoms with Crippen LogP contribution in [-0.4, -0.2) is 20.9 Å². The van der Waals surface area contributed by atoms with Gasteiger partial charge in [-0.15, -0.1) is 0 Å². The van der Waals surface area contributed by atoms with Gasteiger partial charge in [-0.3, -0.25) is 4.79 Å². The Kier molecular flexibility index (Phi) is 6.80. The van der Waals surface area contributed by atoms with E-state index in [2.05, 4.69) is 12.2 Å². The van der Waals surface area contributed by atoms with Gasteiger partial charge in [0.25, 0.3) is 0 Å². The van der Waals surface area contributed by atoms with Gasteiger partial charge in [-0.2, -0.15) is 0 Å². The molecule has 1 aromatic rings. The van der Waals surface area contributed by atoms with Crippen LogP contribution in [0.3, 0.4) is 0 Å². The summed E-state index contributed by atoms with van der Waals surface area (Å²) in [6, 6.07) is 5.78. The molecule has 0 aliphatic rings. The molecule has 0 radical (unpaired) electrons. The molecule has 1 aromatic carbocycles. The Morgan fingerprint density at radius 3 is 2.33 bits per heavy atom. The highest BCUT2D eigenvalue weighted by molar-refractivity contribution is 7.89. The van der Waals surface area contributed by atoms with Gasteiger partial charge in [0.1, 0.15) is 0 Å². The van der Waals surface area contributed by atoms with Crippen molar-refractivity contribution in [3.05, 3.63) is 24.3 Å². The van der Waals surface area contributed by atoms with Crippen molar-refractivity contribution in [1.29, 1.82) is 0 Å². The summed E-state index contributed by atoms with van der Waals surface area (Å²) in [5.41, 5.74) is 6.08. The molecule has 0 bridgehead atoms. The maximum atomic E-state index is 11.8. The van der Waals surface area contributed by atoms with Gasteiger partial charge in [0.2, 0.25) is 15.9 Å². The number of rotatable bonds is 8. The van der Waals surface area contributed by atoms with E-state index >= 15 is 0 Å². The van der Waals surface area contributed by atoms with Crippen LogP contribution in [0, 0.1) is 5.92 Å². The van der Waals surface area contributed by atoms with E-state index in [0.29, 0.717) is 24.6 Å². The van der Waals surface area contributed by atoms with Crippen LogP contribution in [-0.2, 0) is 14.8 Å². The van der Waals surface area contributed by atoms with Crippen molar-refractivity contribution in [2.75, 3.05) is 11.9 Å². The lowest BCUT2D eigenvalue weighted by Crippen LogP contribution is -2.15. The summed E-state index contributed by atoms with van der Waals surface area (Å²) in [6.45, 7) is 2.72. The lowest BCUT2D eigenvalue weighted by Gasteiger charge is -2.13. The van der Waals surface area contributed by atoms with Crippen molar-refractivity contribution in [3.63, 3.8) is 0 Å². The number of amides is 1. The van der Waals surface area contributed by atoms with Gasteiger partial charge in [-0.25, -0.2) is 13.6 Å². The minimum absolute atomic E-state index is 0.0227. The zero-order valence-electron chi connectivity index (χ0n) is 12.2. The first kappa shape index (κ1) is 17.6. The zero-order valence-corrected chi connectivity index (χ0v) is 13.0. The first-order chi connectivity index (χ1) is 9.86. The Bertz CT molecular complexity index is 555. The molecule has 21 heavy (non-hydrogen) atoms. The average molecular weight is 313 g/mol. The number of hydrogen-bond acceptors (Lipinski definition) is 4. The normalized spacial score (nSPS) is 12.9. The number of hydrogen-bond donors (Lipinski definition) is 3. The first-order valence-corrected chi connectivity index (χ1v) is 8.54. The monoisotopic (exact) mass is 313 g/mol. The molecule has 6 nitrogen and oxygen atoms in total. The fourth-order valence-electron chi connectivity index (χ4n) is 2.07. The first-order valence-electron chi connectivity index (χ1n) is 6.99. The summed E-state index contributed by atoms with van der Waals surface area (Å²) in [5, 5.41) is 7.74. The van der Waals surface area contributed by atoms with E-state index in [1.807, 2.05) is 0 Å². The van der Waals surface area contributed by atoms with Crippen LogP contribution in [0.5, 0.6) is 0 Å². The maximum absolute atomic E-state index is 11.8. The third-order valence-electron chi connectivity index (χ3n) is 3.40. The molecule has 0 spiro atoms. The summed E-state index contributed by atoms with van der Waals surface area (Å²) in [5.74, 6) is 0.374. The highest BCUT2D eigenvalue weighted by Crippen LogP contribution is 2.16. The van der Waals surface area contributed by atoms with Crippen LogP contribution in [0.2, 0.25) is 0 Å². The molecule has 0 heterocycles. The van der Waals surface area contributed by atoms with Crippen molar-refractivity contribution < 1.29 is 13.2 Å². The summed E-state index contributed by atoms with van der Waals surface area (Å²) >= 11 is 0. The molecule has 118 valence electrons. The van der Waals surface area contributed by atoms with Gasteiger partial charge >= 0.3 is 0 Å². The molecule has 0 aromatic heterocycles. The number of benzene rings is 1. The van der Waals surface area contributed by atoms with E-state index in [4.69, 9.17) is 10.9 Å². The van der Waals surface area contributed by atoms with Crippen LogP contribution in [0.1, 0.15) is 32.6 Å². The van der Waals surface area contributed by atoms with Crippen LogP contribution in [0.4, 0.5) is 5.69 Å². The van der Waals surface area contributed by atoms with Crippen molar-refractivity contribution in [2.45, 2.75) is 37.5 Å². The Balaban J connectivity index is 2.51. The Hall–Kier alpha value is -1.44. The van der Waals surface area contributed by atoms with Crippen molar-refractivity contribution in [3.8, 4) is 0 Å². The average Bonchev–Trinajstić information content (AvgIpc) is 2.43. The lowest BCUT2D eigenvalue weighted by molar-refractivity contribution is -0.116. The topological polar surface area (TPSA) is 115 Å². The minimum atomic E-state index is -3.70. The Labute approximate surface area is 126 Å². The number of sulfonamides is 1. The molecule has 1 unspecified atom stereocenters. The van der Waals surface area contributed by atoms with E-state index in [-0.39, 0.29) is 10.8 Å². The molecular formula is C14H23N3O3S. The number of primary sulfonamides is 1. The predicted molar refractivity (Wildman–Crippen MR) is 83.1 cm³/mol. The largest absolute Gasteiger partial charge is 0.330 e. The molecule has 0 saturated carbocycles. The van der Waals surface area contributed by atoms with Gasteiger partial charge in [-0.05, 0) is 49.6 Å². The summed E-state index contributed by atoms with van der Waals surface area (Å²) in [7, 11) is -3.70. The number of nitrogens with one attached hydrogen (secondary N) is 1. The summed E-state index contributed by atoms with van der Waals surface area (Å²) < 4.78 is 22.2. The van der Waals surface area contributed by atoms with Gasteiger partial charge in [0, 0.05) is 12.1 Å². The van der Waals surface area contributed by atoms with E-state index in [1.165, 1.54) is 24.3 Å². The van der Waals surface area contributed by atoms with Crippen molar-refractivity contribution in [2.24, 2.45) is 16.8 Å². The minimum Gasteiger partial charge on any atom is -0.330 e. The number of carbonyl (C=O) groups is 1. The van der Waals surface area contributed by atoms with Crippen LogP contribution in [0.25, 0.3) is 0 Å². The van der Waals surface area contributed by atoms with Crippen molar-refractivity contribution >= 4 is 21.6 Å². The standard InChI is InChI=1S/C14H23N3O3S/c1-2-11(9-10-15)3-8-14(18)17-12-4-6-13(7-5-12)21(16,19)20/h4-7,11H,2-3,8-10,15H2,1H3,(H,17,18)(H2,16,19,20). The molecule has 0 aliphatic heterocycles. The third-order valence-corrected chi connectivity index (χ3v) is 4.33. The fourth-order valence-corrected chi connectivity index (χ4v) is 2.59. The summed E-state index contributed by atoms with van der Waals surface area (Å²) in [6.07, 6.45) is 3.16. The smallest absolute Gasteiger partial charge is 0.238 e. The van der Waals surface area contributed by atoms with Gasteiger partial charge in [0.15, 0.2) is 0 Å². The second-order valence-electron chi connectivity index (χ2n) is 5.01. The molecule has 0 saturated heterocycles. The Morgan fingerprint density at radius 2 is 1.86 bits per heavy atom. The molecule has 1 rings (SSSR count). The van der Waals surface area contributed by atoms with Crippen LogP contribution in [0.15, 0.2) is 29.2 Å². The van der Waals surface area contributed by atoms with Gasteiger partial charge in [-0.1, -0.05) is 13.3 Å². The molecule has 1 atom stereocenters. The molecular weight excluding hydrogens is 290 g/mol. The Morgan fingerprint density at radius 1 is 1.24 bits per heavy atom. The second kappa shape index (κ2) is 8.11. The van der Waals surface area contributed by atoms with Crippen molar-refractivity contribution in [1.82, 2.24) is 0 Å². The highest BCUT2D eigenvalue weighted by Gasteiger charge is 2.10. The van der Waals surface area contributed by atoms with E-state index in [9.17, 15) is 13.2 Å². The van der Waals surface area contributed by atoms with E-state index in [0.717, 1.165) is 19.3 Å².